The van der Waals surface area contributed by atoms with E-state index in [1.54, 1.807) is 43.5 Å². The molecule has 0 saturated heterocycles. The average Bonchev–Trinajstić information content (AvgIpc) is 3.12. The molecular formula is C17H20N2O5. The van der Waals surface area contributed by atoms with Crippen molar-refractivity contribution in [1.29, 1.82) is 0 Å². The first-order valence-electron chi connectivity index (χ1n) is 7.52. The fourth-order valence-electron chi connectivity index (χ4n) is 1.91. The van der Waals surface area contributed by atoms with Crippen molar-refractivity contribution in [3.63, 3.8) is 0 Å². The molecule has 2 aromatic rings. The summed E-state index contributed by atoms with van der Waals surface area (Å²) in [6.07, 6.45) is 2.18. The Bertz CT molecular complexity index is 655. The van der Waals surface area contributed by atoms with Crippen LogP contribution < -0.4 is 15.4 Å². The van der Waals surface area contributed by atoms with Gasteiger partial charge in [0.05, 0.1) is 6.26 Å². The molecule has 0 unspecified atom stereocenters. The third-order valence-corrected chi connectivity index (χ3v) is 3.05. The summed E-state index contributed by atoms with van der Waals surface area (Å²) in [7, 11) is 1.61. The van der Waals surface area contributed by atoms with E-state index < -0.39 is 0 Å². The van der Waals surface area contributed by atoms with Gasteiger partial charge in [-0.1, -0.05) is 6.07 Å². The van der Waals surface area contributed by atoms with Gasteiger partial charge in [0.25, 0.3) is 11.8 Å². The monoisotopic (exact) mass is 332 g/mol. The van der Waals surface area contributed by atoms with Crippen molar-refractivity contribution in [1.82, 2.24) is 5.32 Å². The lowest BCUT2D eigenvalue weighted by molar-refractivity contribution is -0.123. The summed E-state index contributed by atoms with van der Waals surface area (Å²) in [6, 6.07) is 10.0. The lowest BCUT2D eigenvalue weighted by atomic mass is 10.3. The highest BCUT2D eigenvalue weighted by molar-refractivity contribution is 6.02. The van der Waals surface area contributed by atoms with Crippen LogP contribution in [0.3, 0.4) is 0 Å². The van der Waals surface area contributed by atoms with E-state index in [9.17, 15) is 9.59 Å². The number of ether oxygens (including phenoxy) is 2. The highest BCUT2D eigenvalue weighted by Crippen LogP contribution is 2.18. The first-order chi connectivity index (χ1) is 11.7. The zero-order valence-electron chi connectivity index (χ0n) is 13.4. The summed E-state index contributed by atoms with van der Waals surface area (Å²) < 4.78 is 15.3. The largest absolute Gasteiger partial charge is 0.484 e. The van der Waals surface area contributed by atoms with Gasteiger partial charge in [-0.2, -0.15) is 0 Å². The molecule has 0 radical (unpaired) electrons. The van der Waals surface area contributed by atoms with Gasteiger partial charge >= 0.3 is 0 Å². The van der Waals surface area contributed by atoms with E-state index in [4.69, 9.17) is 13.9 Å². The number of benzene rings is 1. The van der Waals surface area contributed by atoms with E-state index in [0.29, 0.717) is 24.6 Å². The van der Waals surface area contributed by atoms with Gasteiger partial charge in [0.1, 0.15) is 5.75 Å². The summed E-state index contributed by atoms with van der Waals surface area (Å²) in [5, 5.41) is 5.42. The van der Waals surface area contributed by atoms with Crippen LogP contribution in [0.4, 0.5) is 5.69 Å². The third-order valence-electron chi connectivity index (χ3n) is 3.05. The quantitative estimate of drug-likeness (QED) is 0.686. The Morgan fingerprint density at radius 2 is 2.08 bits per heavy atom. The lowest BCUT2D eigenvalue weighted by Crippen LogP contribution is -2.30. The molecule has 0 aliphatic carbocycles. The minimum absolute atomic E-state index is 0.0947. The minimum Gasteiger partial charge on any atom is -0.484 e. The van der Waals surface area contributed by atoms with Crippen molar-refractivity contribution < 1.29 is 23.5 Å². The maximum atomic E-state index is 11.9. The smallest absolute Gasteiger partial charge is 0.291 e. The molecule has 0 aliphatic heterocycles. The predicted octanol–water partition coefficient (Wildman–Crippen LogP) is 2.06. The molecule has 1 aromatic carbocycles. The van der Waals surface area contributed by atoms with Gasteiger partial charge in [0, 0.05) is 32.0 Å². The number of furan rings is 1. The van der Waals surface area contributed by atoms with E-state index in [2.05, 4.69) is 10.6 Å². The molecule has 2 rings (SSSR count). The first kappa shape index (κ1) is 17.6. The molecule has 0 atom stereocenters. The van der Waals surface area contributed by atoms with Crippen LogP contribution in [0, 0.1) is 0 Å². The normalized spacial score (nSPS) is 10.2. The highest BCUT2D eigenvalue weighted by Gasteiger charge is 2.09. The maximum absolute atomic E-state index is 11.9. The van der Waals surface area contributed by atoms with E-state index in [-0.39, 0.29) is 24.2 Å². The van der Waals surface area contributed by atoms with Gasteiger partial charge < -0.3 is 24.5 Å². The summed E-state index contributed by atoms with van der Waals surface area (Å²) in [5.74, 6) is 0.139. The summed E-state index contributed by atoms with van der Waals surface area (Å²) in [5.41, 5.74) is 0.550. The first-order valence-corrected chi connectivity index (χ1v) is 7.52. The van der Waals surface area contributed by atoms with Crippen molar-refractivity contribution in [2.45, 2.75) is 6.42 Å². The number of nitrogens with one attached hydrogen (secondary N) is 2. The highest BCUT2D eigenvalue weighted by atomic mass is 16.5. The second kappa shape index (κ2) is 9.36. The number of hydrogen-bond donors (Lipinski definition) is 2. The second-order valence-electron chi connectivity index (χ2n) is 4.94. The Labute approximate surface area is 139 Å². The van der Waals surface area contributed by atoms with E-state index in [0.717, 1.165) is 6.42 Å². The average molecular weight is 332 g/mol. The molecule has 0 spiro atoms. The zero-order valence-corrected chi connectivity index (χ0v) is 13.4. The Morgan fingerprint density at radius 3 is 2.83 bits per heavy atom. The Morgan fingerprint density at radius 1 is 1.21 bits per heavy atom. The zero-order chi connectivity index (χ0) is 17.2. The SMILES string of the molecule is COCCCNC(=O)COc1cccc(NC(=O)c2ccco2)c1. The number of carbonyl (C=O) groups excluding carboxylic acids is 2. The summed E-state index contributed by atoms with van der Waals surface area (Å²) >= 11 is 0. The Hall–Kier alpha value is -2.80. The molecule has 1 aromatic heterocycles. The third kappa shape index (κ3) is 5.77. The van der Waals surface area contributed by atoms with E-state index in [1.807, 2.05) is 0 Å². The standard InChI is InChI=1S/C17H20N2O5/c1-22-9-4-8-18-16(20)12-24-14-6-2-5-13(11-14)19-17(21)15-7-3-10-23-15/h2-3,5-7,10-11H,4,8-9,12H2,1H3,(H,18,20)(H,19,21). The molecule has 0 bridgehead atoms. The van der Waals surface area contributed by atoms with Crippen molar-refractivity contribution >= 4 is 17.5 Å². The van der Waals surface area contributed by atoms with Gasteiger partial charge in [0.15, 0.2) is 12.4 Å². The van der Waals surface area contributed by atoms with Crippen LogP contribution in [0.2, 0.25) is 0 Å². The van der Waals surface area contributed by atoms with Gasteiger partial charge in [-0.15, -0.1) is 0 Å². The van der Waals surface area contributed by atoms with Crippen LogP contribution in [0.25, 0.3) is 0 Å². The second-order valence-corrected chi connectivity index (χ2v) is 4.94. The van der Waals surface area contributed by atoms with Crippen LogP contribution in [-0.2, 0) is 9.53 Å². The lowest BCUT2D eigenvalue weighted by Gasteiger charge is -2.09. The van der Waals surface area contributed by atoms with Crippen molar-refractivity contribution in [2.75, 3.05) is 32.2 Å². The molecule has 7 heteroatoms. The van der Waals surface area contributed by atoms with Gasteiger partial charge in [-0.05, 0) is 30.7 Å². The van der Waals surface area contributed by atoms with Crippen LogP contribution in [0.15, 0.2) is 47.1 Å². The van der Waals surface area contributed by atoms with Crippen LogP contribution in [0.1, 0.15) is 17.0 Å². The minimum atomic E-state index is -0.354. The molecule has 0 saturated carbocycles. The van der Waals surface area contributed by atoms with Crippen LogP contribution >= 0.6 is 0 Å². The number of anilines is 1. The summed E-state index contributed by atoms with van der Waals surface area (Å²) in [4.78, 5) is 23.5. The molecule has 128 valence electrons. The Balaban J connectivity index is 1.80. The number of hydrogen-bond acceptors (Lipinski definition) is 5. The molecule has 1 heterocycles. The number of amides is 2. The fourth-order valence-corrected chi connectivity index (χ4v) is 1.91. The van der Waals surface area contributed by atoms with E-state index >= 15 is 0 Å². The van der Waals surface area contributed by atoms with Crippen molar-refractivity contribution in [2.24, 2.45) is 0 Å². The van der Waals surface area contributed by atoms with Crippen LogP contribution in [0.5, 0.6) is 5.75 Å². The number of carbonyl (C=O) groups is 2. The molecule has 2 N–H and O–H groups in total. The number of methoxy groups -OCH3 is 1. The molecule has 2 amide bonds. The molecule has 24 heavy (non-hydrogen) atoms. The van der Waals surface area contributed by atoms with Gasteiger partial charge in [0.2, 0.25) is 0 Å². The van der Waals surface area contributed by atoms with Gasteiger partial charge in [-0.25, -0.2) is 0 Å². The van der Waals surface area contributed by atoms with Crippen molar-refractivity contribution in [3.8, 4) is 5.75 Å². The molecule has 0 fully saturated rings. The van der Waals surface area contributed by atoms with E-state index in [1.165, 1.54) is 6.26 Å². The molecule has 7 nitrogen and oxygen atoms in total. The van der Waals surface area contributed by atoms with Crippen molar-refractivity contribution in [3.05, 3.63) is 48.4 Å². The summed E-state index contributed by atoms with van der Waals surface area (Å²) in [6.45, 7) is 1.04. The number of rotatable bonds is 9. The molecular weight excluding hydrogens is 312 g/mol. The molecule has 0 aliphatic rings. The fraction of sp³-hybridized carbons (Fsp3) is 0.294. The topological polar surface area (TPSA) is 89.8 Å². The maximum Gasteiger partial charge on any atom is 0.291 e. The predicted molar refractivity (Wildman–Crippen MR) is 88.1 cm³/mol. The van der Waals surface area contributed by atoms with Crippen LogP contribution in [-0.4, -0.2) is 38.7 Å². The van der Waals surface area contributed by atoms with Gasteiger partial charge in [-0.3, -0.25) is 9.59 Å². The Kier molecular flexibility index (Phi) is 6.85.